The van der Waals surface area contributed by atoms with Gasteiger partial charge >= 0.3 is 5.69 Å². The lowest BCUT2D eigenvalue weighted by Crippen LogP contribution is -2.32. The van der Waals surface area contributed by atoms with Crippen molar-refractivity contribution in [1.82, 2.24) is 9.55 Å². The summed E-state index contributed by atoms with van der Waals surface area (Å²) in [4.78, 5) is 36.8. The molecule has 0 radical (unpaired) electrons. The van der Waals surface area contributed by atoms with Gasteiger partial charge in [-0.25, -0.2) is 9.36 Å². The average Bonchev–Trinajstić information content (AvgIpc) is 2.40. The fraction of sp³-hybridized carbons (Fsp3) is 0.154. The summed E-state index contributed by atoms with van der Waals surface area (Å²) in [7, 11) is 0. The van der Waals surface area contributed by atoms with Gasteiger partial charge in [0, 0.05) is 6.07 Å². The van der Waals surface area contributed by atoms with Gasteiger partial charge in [0.2, 0.25) is 5.91 Å². The third-order valence-electron chi connectivity index (χ3n) is 2.62. The topological polar surface area (TPSA) is 84.0 Å². The summed E-state index contributed by atoms with van der Waals surface area (Å²) >= 11 is 5.42. The van der Waals surface area contributed by atoms with Crippen LogP contribution >= 0.6 is 11.6 Å². The van der Waals surface area contributed by atoms with E-state index in [2.05, 4.69) is 10.3 Å². The quantitative estimate of drug-likeness (QED) is 0.829. The number of aromatic amines is 1. The van der Waals surface area contributed by atoms with E-state index in [1.807, 2.05) is 19.1 Å². The minimum Gasteiger partial charge on any atom is -0.310 e. The van der Waals surface area contributed by atoms with Gasteiger partial charge in [-0.05, 0) is 19.1 Å². The number of nitrogens with one attached hydrogen (secondary N) is 2. The van der Waals surface area contributed by atoms with Gasteiger partial charge in [0.05, 0.1) is 5.69 Å². The van der Waals surface area contributed by atoms with E-state index in [0.29, 0.717) is 5.69 Å². The molecule has 0 unspecified atom stereocenters. The first-order valence-electron chi connectivity index (χ1n) is 5.80. The number of halogens is 1. The van der Waals surface area contributed by atoms with Crippen molar-refractivity contribution in [2.45, 2.75) is 6.92 Å². The van der Waals surface area contributed by atoms with Crippen LogP contribution in [-0.4, -0.2) is 21.3 Å². The van der Waals surface area contributed by atoms with Gasteiger partial charge in [-0.3, -0.25) is 14.6 Å². The number of carbonyl (C=O) groups excluding carboxylic acids is 1. The largest absolute Gasteiger partial charge is 0.334 e. The Balaban J connectivity index is 2.61. The molecule has 0 aliphatic carbocycles. The third kappa shape index (κ3) is 2.97. The van der Waals surface area contributed by atoms with Crippen LogP contribution in [0.2, 0.25) is 0 Å². The highest BCUT2D eigenvalue weighted by molar-refractivity contribution is 6.29. The molecule has 2 N–H and O–H groups in total. The van der Waals surface area contributed by atoms with Crippen molar-refractivity contribution in [2.24, 2.45) is 0 Å². The van der Waals surface area contributed by atoms with Crippen LogP contribution in [0, 0.1) is 6.92 Å². The summed E-state index contributed by atoms with van der Waals surface area (Å²) in [5, 5.41) is 2.43. The van der Waals surface area contributed by atoms with Crippen LogP contribution in [0.25, 0.3) is 5.69 Å². The minimum absolute atomic E-state index is 0.0771. The van der Waals surface area contributed by atoms with Crippen LogP contribution in [0.1, 0.15) is 5.56 Å². The fourth-order valence-electron chi connectivity index (χ4n) is 1.71. The zero-order valence-corrected chi connectivity index (χ0v) is 11.4. The number of benzene rings is 1. The number of carbonyl (C=O) groups is 1. The number of anilines is 1. The molecule has 104 valence electrons. The van der Waals surface area contributed by atoms with E-state index in [0.717, 1.165) is 11.6 Å². The second kappa shape index (κ2) is 5.75. The molecule has 6 nitrogen and oxygen atoms in total. The van der Waals surface area contributed by atoms with Gasteiger partial charge in [-0.1, -0.05) is 17.7 Å². The van der Waals surface area contributed by atoms with E-state index < -0.39 is 17.2 Å². The lowest BCUT2D eigenvalue weighted by atomic mass is 10.2. The van der Waals surface area contributed by atoms with E-state index in [1.54, 1.807) is 12.1 Å². The lowest BCUT2D eigenvalue weighted by molar-refractivity contribution is -0.113. The molecular weight excluding hydrogens is 282 g/mol. The zero-order valence-electron chi connectivity index (χ0n) is 10.6. The number of hydrogen-bond acceptors (Lipinski definition) is 3. The van der Waals surface area contributed by atoms with E-state index >= 15 is 0 Å². The molecule has 1 heterocycles. The third-order valence-corrected chi connectivity index (χ3v) is 2.87. The maximum absolute atomic E-state index is 11.9. The molecule has 2 aromatic rings. The molecule has 2 rings (SSSR count). The Bertz CT molecular complexity index is 747. The molecule has 7 heteroatoms. The summed E-state index contributed by atoms with van der Waals surface area (Å²) in [6.07, 6.45) is 0. The normalized spacial score (nSPS) is 10.3. The maximum atomic E-state index is 11.9. The predicted molar refractivity (Wildman–Crippen MR) is 76.7 cm³/mol. The van der Waals surface area contributed by atoms with Crippen molar-refractivity contribution in [1.29, 1.82) is 0 Å². The molecular formula is C13H12ClN3O3. The highest BCUT2D eigenvalue weighted by Crippen LogP contribution is 2.12. The Kier molecular flexibility index (Phi) is 4.05. The van der Waals surface area contributed by atoms with E-state index in [9.17, 15) is 14.4 Å². The van der Waals surface area contributed by atoms with Crippen molar-refractivity contribution in [3.8, 4) is 5.69 Å². The number of nitrogens with zero attached hydrogens (tertiary/aromatic N) is 1. The molecule has 0 saturated heterocycles. The molecule has 0 aliphatic rings. The first-order valence-corrected chi connectivity index (χ1v) is 6.34. The van der Waals surface area contributed by atoms with Crippen LogP contribution in [-0.2, 0) is 4.79 Å². The molecule has 0 bridgehead atoms. The first kappa shape index (κ1) is 14.1. The molecule has 0 spiro atoms. The smallest absolute Gasteiger partial charge is 0.310 e. The van der Waals surface area contributed by atoms with Crippen LogP contribution < -0.4 is 16.6 Å². The average molecular weight is 294 g/mol. The molecule has 0 fully saturated rings. The number of H-pyrrole nitrogens is 1. The van der Waals surface area contributed by atoms with Gasteiger partial charge < -0.3 is 5.32 Å². The predicted octanol–water partition coefficient (Wildman–Crippen LogP) is 1.01. The van der Waals surface area contributed by atoms with Crippen molar-refractivity contribution in [3.05, 3.63) is 56.7 Å². The van der Waals surface area contributed by atoms with Gasteiger partial charge in [0.15, 0.2) is 0 Å². The molecule has 20 heavy (non-hydrogen) atoms. The molecule has 1 aromatic carbocycles. The summed E-state index contributed by atoms with van der Waals surface area (Å²) in [5.74, 6) is -0.694. The minimum atomic E-state index is -0.633. The Morgan fingerprint density at radius 1 is 1.30 bits per heavy atom. The molecule has 1 amide bonds. The number of alkyl halides is 1. The second-order valence-corrected chi connectivity index (χ2v) is 4.44. The van der Waals surface area contributed by atoms with Crippen LogP contribution in [0.4, 0.5) is 5.82 Å². The number of rotatable bonds is 3. The highest BCUT2D eigenvalue weighted by Gasteiger charge is 2.10. The summed E-state index contributed by atoms with van der Waals surface area (Å²) in [6.45, 7) is 1.91. The number of hydrogen-bond donors (Lipinski definition) is 2. The van der Waals surface area contributed by atoms with E-state index in [1.165, 1.54) is 4.57 Å². The summed E-state index contributed by atoms with van der Waals surface area (Å²) in [5.41, 5.74) is 0.328. The SMILES string of the molecule is Cc1ccc(-n2c(NC(=O)CCl)cc(=O)[nH]c2=O)cc1. The first-order chi connectivity index (χ1) is 9.51. The van der Waals surface area contributed by atoms with Crippen LogP contribution in [0.3, 0.4) is 0 Å². The Morgan fingerprint density at radius 3 is 2.55 bits per heavy atom. The van der Waals surface area contributed by atoms with Crippen molar-refractivity contribution in [2.75, 3.05) is 11.2 Å². The number of amides is 1. The summed E-state index contributed by atoms with van der Waals surface area (Å²) < 4.78 is 1.20. The zero-order chi connectivity index (χ0) is 14.7. The Hall–Kier alpha value is -2.34. The lowest BCUT2D eigenvalue weighted by Gasteiger charge is -2.12. The molecule has 0 atom stereocenters. The molecule has 0 aliphatic heterocycles. The van der Waals surface area contributed by atoms with E-state index in [4.69, 9.17) is 11.6 Å². The van der Waals surface area contributed by atoms with Crippen molar-refractivity contribution in [3.63, 3.8) is 0 Å². The van der Waals surface area contributed by atoms with Gasteiger partial charge in [-0.15, -0.1) is 11.6 Å². The second-order valence-electron chi connectivity index (χ2n) is 4.18. The highest BCUT2D eigenvalue weighted by atomic mass is 35.5. The van der Waals surface area contributed by atoms with Crippen molar-refractivity contribution < 1.29 is 4.79 Å². The molecule has 0 saturated carbocycles. The van der Waals surface area contributed by atoms with Crippen LogP contribution in [0.15, 0.2) is 39.9 Å². The Morgan fingerprint density at radius 2 is 1.95 bits per heavy atom. The number of aryl methyl sites for hydroxylation is 1. The molecule has 1 aromatic heterocycles. The standard InChI is InChI=1S/C13H12ClN3O3/c1-8-2-4-9(5-3-8)17-10(15-12(19)7-14)6-11(18)16-13(17)20/h2-6H,7H2,1H3,(H,15,19)(H,16,18,20). The monoisotopic (exact) mass is 293 g/mol. The van der Waals surface area contributed by atoms with Crippen molar-refractivity contribution >= 4 is 23.3 Å². The Labute approximate surface area is 119 Å². The summed E-state index contributed by atoms with van der Waals surface area (Å²) in [6, 6.07) is 8.20. The maximum Gasteiger partial charge on any atom is 0.334 e. The van der Waals surface area contributed by atoms with Gasteiger partial charge in [0.25, 0.3) is 5.56 Å². The van der Waals surface area contributed by atoms with Gasteiger partial charge in [0.1, 0.15) is 11.7 Å². The number of aromatic nitrogens is 2. The van der Waals surface area contributed by atoms with E-state index in [-0.39, 0.29) is 11.7 Å². The fourth-order valence-corrected chi connectivity index (χ4v) is 1.78. The van der Waals surface area contributed by atoms with Gasteiger partial charge in [-0.2, -0.15) is 0 Å². The van der Waals surface area contributed by atoms with Crippen LogP contribution in [0.5, 0.6) is 0 Å².